The van der Waals surface area contributed by atoms with Crippen LogP contribution in [-0.2, 0) is 4.79 Å². The number of nitrogens with two attached hydrogens (primary N) is 1. The summed E-state index contributed by atoms with van der Waals surface area (Å²) in [6, 6.07) is 4.72. The number of carbonyl (C=O) groups is 1. The van der Waals surface area contributed by atoms with Gasteiger partial charge in [0.2, 0.25) is 5.91 Å². The summed E-state index contributed by atoms with van der Waals surface area (Å²) in [6.07, 6.45) is 0. The van der Waals surface area contributed by atoms with E-state index >= 15 is 0 Å². The second kappa shape index (κ2) is 3.54. The van der Waals surface area contributed by atoms with Crippen LogP contribution in [0.3, 0.4) is 0 Å². The molecule has 2 rings (SSSR count). The molecule has 1 heterocycles. The average molecular weight is 219 g/mol. The monoisotopic (exact) mass is 218 g/mol. The van der Waals surface area contributed by atoms with Crippen LogP contribution in [-0.4, -0.2) is 5.91 Å². The first-order chi connectivity index (χ1) is 5.70. The maximum absolute atomic E-state index is 11.1. The maximum Gasteiger partial charge on any atom is 0.246 e. The zero-order chi connectivity index (χ0) is 8.72. The zero-order valence-corrected chi connectivity index (χ0v) is 8.15. The Bertz CT molecular complexity index is 354. The van der Waals surface area contributed by atoms with Crippen LogP contribution in [0.4, 0.5) is 5.69 Å². The second-order valence-corrected chi connectivity index (χ2v) is 3.08. The molecule has 70 valence electrons. The number of rotatable bonds is 0. The normalized spacial score (nSPS) is 18.9. The number of amides is 1. The Hall–Kier alpha value is -0.770. The largest absolute Gasteiger partial charge is 0.323 e. The highest BCUT2D eigenvalue weighted by Crippen LogP contribution is 2.34. The van der Waals surface area contributed by atoms with E-state index in [1.165, 1.54) is 0 Å². The lowest BCUT2D eigenvalue weighted by atomic mass is 10.1. The third-order valence-corrected chi connectivity index (χ3v) is 2.23. The minimum Gasteiger partial charge on any atom is -0.323 e. The van der Waals surface area contributed by atoms with Gasteiger partial charge in [0.05, 0.1) is 10.7 Å². The molecule has 1 atom stereocenters. The van der Waals surface area contributed by atoms with E-state index in [9.17, 15) is 4.79 Å². The van der Waals surface area contributed by atoms with Crippen molar-refractivity contribution in [3.05, 3.63) is 28.8 Å². The Morgan fingerprint density at radius 3 is 2.77 bits per heavy atom. The Kier molecular flexibility index (Phi) is 2.81. The number of benzene rings is 1. The molecule has 1 aliphatic heterocycles. The molecule has 0 spiro atoms. The molecule has 5 heteroatoms. The number of carbonyl (C=O) groups excluding carboxylic acids is 1. The quantitative estimate of drug-likeness (QED) is 0.697. The van der Waals surface area contributed by atoms with Gasteiger partial charge in [-0.15, -0.1) is 12.4 Å². The van der Waals surface area contributed by atoms with Crippen LogP contribution in [0.5, 0.6) is 0 Å². The van der Waals surface area contributed by atoms with Crippen molar-refractivity contribution in [2.24, 2.45) is 5.73 Å². The Morgan fingerprint density at radius 1 is 1.46 bits per heavy atom. The van der Waals surface area contributed by atoms with Crippen LogP contribution in [0.2, 0.25) is 5.02 Å². The lowest BCUT2D eigenvalue weighted by molar-refractivity contribution is -0.116. The predicted octanol–water partition coefficient (Wildman–Crippen LogP) is 1.71. The van der Waals surface area contributed by atoms with E-state index in [1.54, 1.807) is 18.2 Å². The first kappa shape index (κ1) is 10.3. The van der Waals surface area contributed by atoms with Crippen LogP contribution >= 0.6 is 24.0 Å². The van der Waals surface area contributed by atoms with E-state index in [2.05, 4.69) is 5.32 Å². The Labute approximate surface area is 86.7 Å². The van der Waals surface area contributed by atoms with E-state index in [0.29, 0.717) is 10.7 Å². The highest BCUT2D eigenvalue weighted by Gasteiger charge is 2.28. The zero-order valence-electron chi connectivity index (χ0n) is 6.58. The Morgan fingerprint density at radius 2 is 2.15 bits per heavy atom. The number of fused-ring (bicyclic) bond motifs is 1. The molecule has 0 bridgehead atoms. The molecule has 1 aromatic rings. The van der Waals surface area contributed by atoms with Crippen LogP contribution in [0, 0.1) is 0 Å². The van der Waals surface area contributed by atoms with Gasteiger partial charge < -0.3 is 11.1 Å². The molecule has 1 aromatic carbocycles. The maximum atomic E-state index is 11.1. The molecule has 0 aromatic heterocycles. The van der Waals surface area contributed by atoms with Crippen LogP contribution in [0.25, 0.3) is 0 Å². The number of hydrogen-bond acceptors (Lipinski definition) is 2. The van der Waals surface area contributed by atoms with Crippen LogP contribution in [0.15, 0.2) is 18.2 Å². The number of anilines is 1. The first-order valence-electron chi connectivity index (χ1n) is 3.55. The van der Waals surface area contributed by atoms with E-state index in [1.807, 2.05) is 0 Å². The molecule has 3 nitrogen and oxygen atoms in total. The molecule has 13 heavy (non-hydrogen) atoms. The molecule has 0 fully saturated rings. The van der Waals surface area contributed by atoms with Gasteiger partial charge >= 0.3 is 0 Å². The van der Waals surface area contributed by atoms with Gasteiger partial charge in [0.1, 0.15) is 6.04 Å². The molecule has 0 aliphatic carbocycles. The summed E-state index contributed by atoms with van der Waals surface area (Å²) in [5, 5.41) is 3.16. The topological polar surface area (TPSA) is 55.1 Å². The van der Waals surface area contributed by atoms with Crippen molar-refractivity contribution < 1.29 is 4.79 Å². The van der Waals surface area contributed by atoms with E-state index in [-0.39, 0.29) is 18.3 Å². The number of nitrogens with one attached hydrogen (secondary N) is 1. The van der Waals surface area contributed by atoms with Crippen molar-refractivity contribution in [3.63, 3.8) is 0 Å². The molecule has 3 N–H and O–H groups in total. The number of para-hydroxylation sites is 1. The van der Waals surface area contributed by atoms with Gasteiger partial charge in [0.15, 0.2) is 0 Å². The molecular formula is C8H8Cl2N2O. The number of hydrogen-bond donors (Lipinski definition) is 2. The second-order valence-electron chi connectivity index (χ2n) is 2.67. The summed E-state index contributed by atoms with van der Waals surface area (Å²) in [5.74, 6) is -0.196. The van der Waals surface area contributed by atoms with Gasteiger partial charge in [-0.2, -0.15) is 0 Å². The van der Waals surface area contributed by atoms with Gasteiger partial charge in [0.25, 0.3) is 0 Å². The van der Waals surface area contributed by atoms with E-state index in [0.717, 1.165) is 5.56 Å². The summed E-state index contributed by atoms with van der Waals surface area (Å²) in [7, 11) is 0. The highest BCUT2D eigenvalue weighted by molar-refractivity contribution is 6.34. The summed E-state index contributed by atoms with van der Waals surface area (Å²) >= 11 is 5.83. The lowest BCUT2D eigenvalue weighted by Crippen LogP contribution is -2.19. The fourth-order valence-electron chi connectivity index (χ4n) is 1.27. The van der Waals surface area contributed by atoms with Crippen molar-refractivity contribution in [2.45, 2.75) is 6.04 Å². The molecule has 0 saturated carbocycles. The molecule has 0 saturated heterocycles. The summed E-state index contributed by atoms with van der Waals surface area (Å²) in [5.41, 5.74) is 7.01. The van der Waals surface area contributed by atoms with Gasteiger partial charge in [0, 0.05) is 5.56 Å². The fraction of sp³-hybridized carbons (Fsp3) is 0.125. The smallest absolute Gasteiger partial charge is 0.246 e. The summed E-state index contributed by atoms with van der Waals surface area (Å²) in [4.78, 5) is 11.1. The fourth-order valence-corrected chi connectivity index (χ4v) is 1.50. The third kappa shape index (κ3) is 1.50. The van der Waals surface area contributed by atoms with Crippen molar-refractivity contribution in [3.8, 4) is 0 Å². The van der Waals surface area contributed by atoms with Crippen LogP contribution in [0.1, 0.15) is 11.6 Å². The molecule has 1 amide bonds. The van der Waals surface area contributed by atoms with Gasteiger partial charge in [-0.25, -0.2) is 0 Å². The van der Waals surface area contributed by atoms with Gasteiger partial charge in [-0.1, -0.05) is 23.7 Å². The first-order valence-corrected chi connectivity index (χ1v) is 3.93. The highest BCUT2D eigenvalue weighted by atomic mass is 35.5. The van der Waals surface area contributed by atoms with Crippen molar-refractivity contribution >= 4 is 35.6 Å². The molecular weight excluding hydrogens is 211 g/mol. The SMILES string of the molecule is Cl.NC1C(=O)Nc2c(Cl)cccc21. The van der Waals surface area contributed by atoms with E-state index < -0.39 is 6.04 Å². The predicted molar refractivity (Wildman–Crippen MR) is 54.3 cm³/mol. The van der Waals surface area contributed by atoms with Crippen molar-refractivity contribution in [2.75, 3.05) is 5.32 Å². The third-order valence-electron chi connectivity index (χ3n) is 1.91. The minimum absolute atomic E-state index is 0. The van der Waals surface area contributed by atoms with Crippen molar-refractivity contribution in [1.82, 2.24) is 0 Å². The lowest BCUT2D eigenvalue weighted by Gasteiger charge is -2.00. The van der Waals surface area contributed by atoms with Gasteiger partial charge in [-0.3, -0.25) is 4.79 Å². The Balaban J connectivity index is 0.000000845. The molecule has 1 unspecified atom stereocenters. The van der Waals surface area contributed by atoms with Gasteiger partial charge in [-0.05, 0) is 6.07 Å². The average Bonchev–Trinajstić information content (AvgIpc) is 2.32. The van der Waals surface area contributed by atoms with E-state index in [4.69, 9.17) is 17.3 Å². The summed E-state index contributed by atoms with van der Waals surface area (Å²) < 4.78 is 0. The minimum atomic E-state index is -0.571. The number of halogens is 2. The standard InChI is InChI=1S/C8H7ClN2O.ClH/c9-5-3-1-2-4-6(10)8(12)11-7(4)5;/h1-3,6H,10H2,(H,11,12);1H. The van der Waals surface area contributed by atoms with Crippen molar-refractivity contribution in [1.29, 1.82) is 0 Å². The molecule has 1 aliphatic rings. The summed E-state index contributed by atoms with van der Waals surface area (Å²) in [6.45, 7) is 0. The molecule has 0 radical (unpaired) electrons. The van der Waals surface area contributed by atoms with Crippen LogP contribution < -0.4 is 11.1 Å².